The van der Waals surface area contributed by atoms with Crippen LogP contribution in [-0.4, -0.2) is 31.8 Å². The fourth-order valence-corrected chi connectivity index (χ4v) is 1.57. The monoisotopic (exact) mass is 343 g/mol. The Kier molecular flexibility index (Phi) is 5.74. The van der Waals surface area contributed by atoms with E-state index in [-0.39, 0.29) is 23.2 Å². The largest absolute Gasteiger partial charge is 0.411 e. The van der Waals surface area contributed by atoms with Crippen molar-refractivity contribution < 1.29 is 27.1 Å². The zero-order chi connectivity index (χ0) is 14.5. The third-order valence-electron chi connectivity index (χ3n) is 1.99. The summed E-state index contributed by atoms with van der Waals surface area (Å²) in [6.45, 7) is -1.82. The molecule has 0 aliphatic heterocycles. The van der Waals surface area contributed by atoms with Gasteiger partial charge in [0.05, 0.1) is 16.6 Å². The molecule has 106 valence electrons. The molecule has 1 aromatic rings. The highest BCUT2D eigenvalue weighted by Gasteiger charge is 2.27. The molecule has 0 spiro atoms. The molecule has 0 aromatic heterocycles. The first kappa shape index (κ1) is 15.9. The minimum atomic E-state index is -4.40. The van der Waals surface area contributed by atoms with Crippen LogP contribution in [0.1, 0.15) is 10.4 Å². The van der Waals surface area contributed by atoms with Crippen LogP contribution in [0.4, 0.5) is 17.6 Å². The third kappa shape index (κ3) is 5.56. The third-order valence-corrected chi connectivity index (χ3v) is 2.61. The SMILES string of the molecule is O=C(NCCOCC(F)(F)F)c1cccc(Br)c1F. The van der Waals surface area contributed by atoms with Crippen LogP contribution in [0.3, 0.4) is 0 Å². The molecule has 0 fully saturated rings. The lowest BCUT2D eigenvalue weighted by Gasteiger charge is -2.09. The van der Waals surface area contributed by atoms with Gasteiger partial charge in [-0.15, -0.1) is 0 Å². The van der Waals surface area contributed by atoms with Gasteiger partial charge in [-0.05, 0) is 28.1 Å². The molecule has 0 atom stereocenters. The van der Waals surface area contributed by atoms with Gasteiger partial charge in [-0.25, -0.2) is 4.39 Å². The maximum atomic E-state index is 13.5. The maximum Gasteiger partial charge on any atom is 0.411 e. The molecular weight excluding hydrogens is 334 g/mol. The fraction of sp³-hybridized carbons (Fsp3) is 0.364. The van der Waals surface area contributed by atoms with E-state index in [0.717, 1.165) is 0 Å². The van der Waals surface area contributed by atoms with E-state index in [1.54, 1.807) is 0 Å². The number of carbonyl (C=O) groups is 1. The van der Waals surface area contributed by atoms with Crippen molar-refractivity contribution in [2.45, 2.75) is 6.18 Å². The van der Waals surface area contributed by atoms with Crippen LogP contribution >= 0.6 is 15.9 Å². The number of benzene rings is 1. The summed E-state index contributed by atoms with van der Waals surface area (Å²) in [6, 6.07) is 4.17. The number of amides is 1. The molecule has 1 rings (SSSR count). The number of carbonyl (C=O) groups excluding carboxylic acids is 1. The van der Waals surface area contributed by atoms with E-state index >= 15 is 0 Å². The van der Waals surface area contributed by atoms with E-state index in [4.69, 9.17) is 0 Å². The molecule has 0 aliphatic rings. The first-order valence-electron chi connectivity index (χ1n) is 5.18. The lowest BCUT2D eigenvalue weighted by atomic mass is 10.2. The van der Waals surface area contributed by atoms with Crippen LogP contribution < -0.4 is 5.32 Å². The highest BCUT2D eigenvalue weighted by molar-refractivity contribution is 9.10. The Bertz CT molecular complexity index is 451. The Morgan fingerprint density at radius 3 is 2.68 bits per heavy atom. The van der Waals surface area contributed by atoms with Crippen molar-refractivity contribution in [2.75, 3.05) is 19.8 Å². The second kappa shape index (κ2) is 6.85. The maximum absolute atomic E-state index is 13.5. The van der Waals surface area contributed by atoms with E-state index in [0.29, 0.717) is 0 Å². The predicted molar refractivity (Wildman–Crippen MR) is 63.3 cm³/mol. The summed E-state index contributed by atoms with van der Waals surface area (Å²) in [6.07, 6.45) is -4.40. The van der Waals surface area contributed by atoms with Crippen LogP contribution in [0, 0.1) is 5.82 Å². The zero-order valence-corrected chi connectivity index (χ0v) is 11.1. The summed E-state index contributed by atoms with van der Waals surface area (Å²) in [4.78, 5) is 11.5. The van der Waals surface area contributed by atoms with Crippen LogP contribution in [0.25, 0.3) is 0 Å². The number of hydrogen-bond donors (Lipinski definition) is 1. The average Bonchev–Trinajstić information content (AvgIpc) is 2.30. The molecule has 1 N–H and O–H groups in total. The molecule has 0 saturated heterocycles. The molecule has 0 heterocycles. The number of nitrogens with one attached hydrogen (secondary N) is 1. The number of ether oxygens (including phenoxy) is 1. The summed E-state index contributed by atoms with van der Waals surface area (Å²) in [5.41, 5.74) is -0.190. The van der Waals surface area contributed by atoms with Crippen LogP contribution in [0.15, 0.2) is 22.7 Å². The highest BCUT2D eigenvalue weighted by Crippen LogP contribution is 2.18. The Morgan fingerprint density at radius 1 is 1.37 bits per heavy atom. The number of rotatable bonds is 5. The lowest BCUT2D eigenvalue weighted by molar-refractivity contribution is -0.173. The van der Waals surface area contributed by atoms with Gasteiger partial charge in [0.2, 0.25) is 0 Å². The fourth-order valence-electron chi connectivity index (χ4n) is 1.20. The van der Waals surface area contributed by atoms with Gasteiger partial charge in [0.1, 0.15) is 12.4 Å². The molecule has 1 amide bonds. The Labute approximate surface area is 115 Å². The summed E-state index contributed by atoms with van der Waals surface area (Å²) < 4.78 is 53.1. The molecule has 0 bridgehead atoms. The molecule has 0 saturated carbocycles. The molecular formula is C11H10BrF4NO2. The summed E-state index contributed by atoms with van der Waals surface area (Å²) in [7, 11) is 0. The van der Waals surface area contributed by atoms with E-state index in [1.165, 1.54) is 18.2 Å². The van der Waals surface area contributed by atoms with Gasteiger partial charge in [-0.2, -0.15) is 13.2 Å². The first-order valence-corrected chi connectivity index (χ1v) is 5.97. The molecule has 8 heteroatoms. The van der Waals surface area contributed by atoms with Gasteiger partial charge in [-0.1, -0.05) is 6.07 Å². The normalized spacial score (nSPS) is 11.4. The molecule has 19 heavy (non-hydrogen) atoms. The van der Waals surface area contributed by atoms with Gasteiger partial charge in [0.15, 0.2) is 0 Å². The second-order valence-electron chi connectivity index (χ2n) is 3.53. The second-order valence-corrected chi connectivity index (χ2v) is 4.38. The quantitative estimate of drug-likeness (QED) is 0.659. The van der Waals surface area contributed by atoms with Crippen molar-refractivity contribution in [3.8, 4) is 0 Å². The van der Waals surface area contributed by atoms with Crippen molar-refractivity contribution >= 4 is 21.8 Å². The van der Waals surface area contributed by atoms with E-state index in [1.807, 2.05) is 0 Å². The summed E-state index contributed by atoms with van der Waals surface area (Å²) >= 11 is 2.92. The van der Waals surface area contributed by atoms with Gasteiger partial charge in [-0.3, -0.25) is 4.79 Å². The van der Waals surface area contributed by atoms with Gasteiger partial charge < -0.3 is 10.1 Å². The van der Waals surface area contributed by atoms with E-state index in [9.17, 15) is 22.4 Å². The molecule has 3 nitrogen and oxygen atoms in total. The van der Waals surface area contributed by atoms with Crippen molar-refractivity contribution in [3.05, 3.63) is 34.1 Å². The van der Waals surface area contributed by atoms with Gasteiger partial charge in [0, 0.05) is 6.54 Å². The Balaban J connectivity index is 2.38. The van der Waals surface area contributed by atoms with Gasteiger partial charge in [0.25, 0.3) is 5.91 Å². The van der Waals surface area contributed by atoms with Crippen molar-refractivity contribution in [1.82, 2.24) is 5.32 Å². The Hall–Kier alpha value is -1.15. The molecule has 1 aromatic carbocycles. The molecule has 0 unspecified atom stereocenters. The van der Waals surface area contributed by atoms with E-state index in [2.05, 4.69) is 26.0 Å². The minimum Gasteiger partial charge on any atom is -0.370 e. The average molecular weight is 344 g/mol. The van der Waals surface area contributed by atoms with Crippen molar-refractivity contribution in [1.29, 1.82) is 0 Å². The van der Waals surface area contributed by atoms with Crippen LogP contribution in [-0.2, 0) is 4.74 Å². The van der Waals surface area contributed by atoms with Crippen molar-refractivity contribution in [3.63, 3.8) is 0 Å². The van der Waals surface area contributed by atoms with Crippen LogP contribution in [0.5, 0.6) is 0 Å². The molecule has 0 aliphatic carbocycles. The van der Waals surface area contributed by atoms with Gasteiger partial charge >= 0.3 is 6.18 Å². The topological polar surface area (TPSA) is 38.3 Å². The number of halogens is 5. The first-order chi connectivity index (χ1) is 8.81. The zero-order valence-electron chi connectivity index (χ0n) is 9.56. The standard InChI is InChI=1S/C11H10BrF4NO2/c12-8-3-1-2-7(9(8)13)10(18)17-4-5-19-6-11(14,15)16/h1-3H,4-6H2,(H,17,18). The minimum absolute atomic E-state index is 0.133. The predicted octanol–water partition coefficient (Wildman–Crippen LogP) is 2.90. The lowest BCUT2D eigenvalue weighted by Crippen LogP contribution is -2.29. The number of hydrogen-bond acceptors (Lipinski definition) is 2. The van der Waals surface area contributed by atoms with E-state index < -0.39 is 24.5 Å². The van der Waals surface area contributed by atoms with Crippen LogP contribution in [0.2, 0.25) is 0 Å². The van der Waals surface area contributed by atoms with Crippen molar-refractivity contribution in [2.24, 2.45) is 0 Å². The summed E-state index contributed by atoms with van der Waals surface area (Å²) in [5.74, 6) is -1.44. The smallest absolute Gasteiger partial charge is 0.370 e. The summed E-state index contributed by atoms with van der Waals surface area (Å²) in [5, 5.41) is 2.26. The Morgan fingerprint density at radius 2 is 2.05 bits per heavy atom. The molecule has 0 radical (unpaired) electrons. The number of alkyl halides is 3. The highest BCUT2D eigenvalue weighted by atomic mass is 79.9.